The fourth-order valence-electron chi connectivity index (χ4n) is 2.29. The number of halogens is 1. The Morgan fingerprint density at radius 1 is 1.29 bits per heavy atom. The van der Waals surface area contributed by atoms with E-state index in [2.05, 4.69) is 10.3 Å². The number of hydrogen-bond acceptors (Lipinski definition) is 3. The zero-order valence-electron chi connectivity index (χ0n) is 13.3. The molecule has 0 radical (unpaired) electrons. The summed E-state index contributed by atoms with van der Waals surface area (Å²) in [6.07, 6.45) is 3.62. The van der Waals surface area contributed by atoms with E-state index in [0.29, 0.717) is 12.1 Å². The lowest BCUT2D eigenvalue weighted by molar-refractivity contribution is -0.139. The van der Waals surface area contributed by atoms with Crippen molar-refractivity contribution in [3.05, 3.63) is 53.2 Å². The number of aromatic nitrogens is 1. The highest BCUT2D eigenvalue weighted by molar-refractivity contribution is 6.34. The van der Waals surface area contributed by atoms with Gasteiger partial charge in [-0.15, -0.1) is 0 Å². The van der Waals surface area contributed by atoms with Crippen molar-refractivity contribution in [2.24, 2.45) is 0 Å². The maximum Gasteiger partial charge on any atom is 0.326 e. The minimum atomic E-state index is -1.05. The van der Waals surface area contributed by atoms with Gasteiger partial charge in [0, 0.05) is 11.8 Å². The van der Waals surface area contributed by atoms with Crippen LogP contribution in [0.25, 0.3) is 11.3 Å². The van der Waals surface area contributed by atoms with Crippen molar-refractivity contribution in [1.82, 2.24) is 10.3 Å². The topological polar surface area (TPSA) is 79.3 Å². The molecular formula is C18H19ClN2O3. The summed E-state index contributed by atoms with van der Waals surface area (Å²) in [4.78, 5) is 28.0. The van der Waals surface area contributed by atoms with Gasteiger partial charge in [0.1, 0.15) is 6.04 Å². The second-order valence-corrected chi connectivity index (χ2v) is 5.82. The molecule has 5 nitrogen and oxygen atoms in total. The molecule has 0 saturated heterocycles. The van der Waals surface area contributed by atoms with Crippen LogP contribution in [0.4, 0.5) is 0 Å². The highest BCUT2D eigenvalue weighted by Crippen LogP contribution is 2.24. The Labute approximate surface area is 145 Å². The molecular weight excluding hydrogens is 328 g/mol. The average Bonchev–Trinajstić information content (AvgIpc) is 2.59. The van der Waals surface area contributed by atoms with Gasteiger partial charge in [-0.25, -0.2) is 4.79 Å². The Balaban J connectivity index is 2.23. The number of pyridine rings is 1. The number of carboxylic acid groups (broad SMARTS) is 1. The number of carbonyl (C=O) groups is 2. The average molecular weight is 347 g/mol. The number of rotatable bonds is 7. The molecule has 0 saturated carbocycles. The number of benzene rings is 1. The molecule has 1 aromatic heterocycles. The van der Waals surface area contributed by atoms with Gasteiger partial charge in [0.05, 0.1) is 16.3 Å². The fourth-order valence-corrected chi connectivity index (χ4v) is 2.50. The molecule has 0 spiro atoms. The van der Waals surface area contributed by atoms with E-state index in [-0.39, 0.29) is 10.6 Å². The fraction of sp³-hybridized carbons (Fsp3) is 0.278. The summed E-state index contributed by atoms with van der Waals surface area (Å²) >= 11 is 6.12. The number of nitrogens with one attached hydrogen (secondary N) is 1. The maximum atomic E-state index is 12.4. The number of amides is 1. The summed E-state index contributed by atoms with van der Waals surface area (Å²) in [5.74, 6) is -1.55. The predicted octanol–water partition coefficient (Wildman–Crippen LogP) is 3.78. The number of carboxylic acids is 1. The summed E-state index contributed by atoms with van der Waals surface area (Å²) in [5, 5.41) is 12.1. The van der Waals surface area contributed by atoms with E-state index >= 15 is 0 Å². The van der Waals surface area contributed by atoms with Crippen molar-refractivity contribution in [2.45, 2.75) is 32.2 Å². The van der Waals surface area contributed by atoms with Gasteiger partial charge in [0.2, 0.25) is 0 Å². The molecule has 0 bridgehead atoms. The number of aliphatic carboxylic acids is 1. The van der Waals surface area contributed by atoms with E-state index in [4.69, 9.17) is 11.6 Å². The molecule has 24 heavy (non-hydrogen) atoms. The van der Waals surface area contributed by atoms with E-state index in [1.54, 1.807) is 30.5 Å². The molecule has 126 valence electrons. The molecule has 0 fully saturated rings. The molecule has 2 rings (SSSR count). The summed E-state index contributed by atoms with van der Waals surface area (Å²) in [5.41, 5.74) is 1.69. The highest BCUT2D eigenvalue weighted by Gasteiger charge is 2.21. The van der Waals surface area contributed by atoms with Crippen molar-refractivity contribution in [3.8, 4) is 11.3 Å². The van der Waals surface area contributed by atoms with Crippen LogP contribution in [-0.4, -0.2) is 28.0 Å². The molecule has 1 amide bonds. The van der Waals surface area contributed by atoms with E-state index in [1.165, 1.54) is 0 Å². The highest BCUT2D eigenvalue weighted by atomic mass is 35.5. The zero-order chi connectivity index (χ0) is 17.5. The lowest BCUT2D eigenvalue weighted by Crippen LogP contribution is -2.40. The Morgan fingerprint density at radius 3 is 2.71 bits per heavy atom. The number of hydrogen-bond donors (Lipinski definition) is 2. The van der Waals surface area contributed by atoms with Crippen molar-refractivity contribution < 1.29 is 14.7 Å². The van der Waals surface area contributed by atoms with Gasteiger partial charge in [0.15, 0.2) is 0 Å². The third-order valence-corrected chi connectivity index (χ3v) is 3.95. The molecule has 2 N–H and O–H groups in total. The molecule has 2 aromatic rings. The molecule has 6 heteroatoms. The summed E-state index contributed by atoms with van der Waals surface area (Å²) in [7, 11) is 0. The molecule has 0 aliphatic heterocycles. The Hall–Kier alpha value is -2.40. The largest absolute Gasteiger partial charge is 0.480 e. The van der Waals surface area contributed by atoms with Gasteiger partial charge in [-0.1, -0.05) is 43.5 Å². The van der Waals surface area contributed by atoms with Crippen LogP contribution in [0.1, 0.15) is 36.5 Å². The smallest absolute Gasteiger partial charge is 0.326 e. The van der Waals surface area contributed by atoms with Gasteiger partial charge in [-0.2, -0.15) is 0 Å². The molecule has 1 heterocycles. The van der Waals surface area contributed by atoms with Crippen molar-refractivity contribution in [3.63, 3.8) is 0 Å². The van der Waals surface area contributed by atoms with Crippen molar-refractivity contribution in [2.75, 3.05) is 0 Å². The van der Waals surface area contributed by atoms with Crippen molar-refractivity contribution in [1.29, 1.82) is 0 Å². The molecule has 0 aliphatic carbocycles. The van der Waals surface area contributed by atoms with Crippen LogP contribution in [0.15, 0.2) is 42.6 Å². The van der Waals surface area contributed by atoms with E-state index < -0.39 is 17.9 Å². The Morgan fingerprint density at radius 2 is 2.08 bits per heavy atom. The van der Waals surface area contributed by atoms with E-state index in [9.17, 15) is 14.7 Å². The van der Waals surface area contributed by atoms with Gasteiger partial charge in [-0.05, 0) is 30.7 Å². The van der Waals surface area contributed by atoms with Crippen LogP contribution in [-0.2, 0) is 4.79 Å². The summed E-state index contributed by atoms with van der Waals surface area (Å²) in [6.45, 7) is 1.97. The minimum Gasteiger partial charge on any atom is -0.480 e. The molecule has 0 unspecified atom stereocenters. The van der Waals surface area contributed by atoms with Gasteiger partial charge in [0.25, 0.3) is 5.91 Å². The number of carbonyl (C=O) groups excluding carboxylic acids is 1. The predicted molar refractivity (Wildman–Crippen MR) is 93.1 cm³/mol. The van der Waals surface area contributed by atoms with Crippen LogP contribution in [0.2, 0.25) is 5.02 Å². The quantitative estimate of drug-likeness (QED) is 0.799. The van der Waals surface area contributed by atoms with E-state index in [0.717, 1.165) is 18.4 Å². The van der Waals surface area contributed by atoms with Crippen LogP contribution in [0.5, 0.6) is 0 Å². The van der Waals surface area contributed by atoms with Crippen molar-refractivity contribution >= 4 is 23.5 Å². The first-order valence-corrected chi connectivity index (χ1v) is 8.15. The third kappa shape index (κ3) is 4.55. The second kappa shape index (κ2) is 8.45. The summed E-state index contributed by atoms with van der Waals surface area (Å²) < 4.78 is 0. The van der Waals surface area contributed by atoms with Gasteiger partial charge < -0.3 is 10.4 Å². The minimum absolute atomic E-state index is 0.238. The normalized spacial score (nSPS) is 11.8. The zero-order valence-corrected chi connectivity index (χ0v) is 14.1. The SMILES string of the molecule is CCCC[C@H](NC(=O)c1cc(-c2ccccn2)ccc1Cl)C(=O)O. The van der Waals surface area contributed by atoms with Gasteiger partial charge >= 0.3 is 5.97 Å². The number of nitrogens with zero attached hydrogens (tertiary/aromatic N) is 1. The first-order chi connectivity index (χ1) is 11.5. The van der Waals surface area contributed by atoms with Crippen LogP contribution in [0.3, 0.4) is 0 Å². The maximum absolute atomic E-state index is 12.4. The first-order valence-electron chi connectivity index (χ1n) is 7.77. The Kier molecular flexibility index (Phi) is 6.32. The van der Waals surface area contributed by atoms with Crippen LogP contribution in [0, 0.1) is 0 Å². The van der Waals surface area contributed by atoms with Gasteiger partial charge in [-0.3, -0.25) is 9.78 Å². The Bertz CT molecular complexity index is 719. The molecule has 1 atom stereocenters. The standard InChI is InChI=1S/C18H19ClN2O3/c1-2-3-6-16(18(23)24)21-17(22)13-11-12(8-9-14(13)19)15-7-4-5-10-20-15/h4-5,7-11,16H,2-3,6H2,1H3,(H,21,22)(H,23,24)/t16-/m0/s1. The summed E-state index contributed by atoms with van der Waals surface area (Å²) in [6, 6.07) is 9.56. The third-order valence-electron chi connectivity index (χ3n) is 3.62. The van der Waals surface area contributed by atoms with Crippen LogP contribution >= 0.6 is 11.6 Å². The molecule has 0 aliphatic rings. The number of unbranched alkanes of at least 4 members (excludes halogenated alkanes) is 1. The molecule has 1 aromatic carbocycles. The second-order valence-electron chi connectivity index (χ2n) is 5.42. The van der Waals surface area contributed by atoms with Crippen LogP contribution < -0.4 is 5.32 Å². The van der Waals surface area contributed by atoms with E-state index in [1.807, 2.05) is 19.1 Å². The lowest BCUT2D eigenvalue weighted by atomic mass is 10.1. The lowest BCUT2D eigenvalue weighted by Gasteiger charge is -2.15. The first kappa shape index (κ1) is 17.9. The monoisotopic (exact) mass is 346 g/mol.